The highest BCUT2D eigenvalue weighted by Crippen LogP contribution is 2.39. The van der Waals surface area contributed by atoms with Crippen molar-refractivity contribution >= 4 is 34.8 Å². The second kappa shape index (κ2) is 5.38. The molecule has 0 saturated carbocycles. The van der Waals surface area contributed by atoms with Gasteiger partial charge in [0.2, 0.25) is 0 Å². The van der Waals surface area contributed by atoms with Gasteiger partial charge >= 0.3 is 0 Å². The van der Waals surface area contributed by atoms with Crippen LogP contribution in [-0.2, 0) is 0 Å². The number of rotatable bonds is 2. The van der Waals surface area contributed by atoms with Crippen molar-refractivity contribution in [1.82, 2.24) is 0 Å². The van der Waals surface area contributed by atoms with Crippen LogP contribution in [0.15, 0.2) is 36.4 Å². The molecule has 2 rings (SSSR count). The van der Waals surface area contributed by atoms with Crippen LogP contribution in [0.4, 0.5) is 5.69 Å². The van der Waals surface area contributed by atoms with Gasteiger partial charge in [0.1, 0.15) is 5.56 Å². The summed E-state index contributed by atoms with van der Waals surface area (Å²) in [6.07, 6.45) is 0. The van der Waals surface area contributed by atoms with Gasteiger partial charge in [-0.3, -0.25) is 4.79 Å². The molecule has 3 N–H and O–H groups in total. The van der Waals surface area contributed by atoms with Crippen molar-refractivity contribution in [2.45, 2.75) is 0 Å². The van der Waals surface area contributed by atoms with E-state index < -0.39 is 17.4 Å². The fraction of sp³-hybridized carbons (Fsp3) is 0. The summed E-state index contributed by atoms with van der Waals surface area (Å²) in [5.74, 6) is -1.74. The lowest BCUT2D eigenvalue weighted by molar-refractivity contribution is 0.102. The van der Waals surface area contributed by atoms with Crippen molar-refractivity contribution < 1.29 is 15.0 Å². The summed E-state index contributed by atoms with van der Waals surface area (Å²) in [6.45, 7) is 0. The number of anilines is 1. The average Bonchev–Trinajstić information content (AvgIpc) is 2.38. The Bertz CT molecular complexity index is 603. The van der Waals surface area contributed by atoms with Gasteiger partial charge in [0.25, 0.3) is 5.91 Å². The number of para-hydroxylation sites is 1. The molecule has 6 heteroatoms. The zero-order valence-electron chi connectivity index (χ0n) is 9.52. The second-order valence-electron chi connectivity index (χ2n) is 3.73. The van der Waals surface area contributed by atoms with E-state index in [1.54, 1.807) is 30.3 Å². The van der Waals surface area contributed by atoms with Crippen molar-refractivity contribution in [3.05, 3.63) is 52.0 Å². The van der Waals surface area contributed by atoms with E-state index in [0.29, 0.717) is 5.69 Å². The molecule has 4 nitrogen and oxygen atoms in total. The number of hydrogen-bond acceptors (Lipinski definition) is 3. The minimum Gasteiger partial charge on any atom is -0.505 e. The zero-order valence-corrected chi connectivity index (χ0v) is 11.0. The highest BCUT2D eigenvalue weighted by atomic mass is 35.5. The summed E-state index contributed by atoms with van der Waals surface area (Å²) in [5, 5.41) is 21.8. The van der Waals surface area contributed by atoms with E-state index in [1.165, 1.54) is 0 Å². The molecule has 0 aromatic heterocycles. The predicted molar refractivity (Wildman–Crippen MR) is 74.2 cm³/mol. The Balaban J connectivity index is 2.40. The molecular weight excluding hydrogens is 289 g/mol. The van der Waals surface area contributed by atoms with Gasteiger partial charge < -0.3 is 15.5 Å². The highest BCUT2D eigenvalue weighted by Gasteiger charge is 2.22. The van der Waals surface area contributed by atoms with E-state index in [-0.39, 0.29) is 15.6 Å². The lowest BCUT2D eigenvalue weighted by Crippen LogP contribution is -2.12. The number of phenolic OH excluding ortho intramolecular Hbond substituents is 2. The van der Waals surface area contributed by atoms with Crippen molar-refractivity contribution in [2.75, 3.05) is 5.32 Å². The molecule has 0 aliphatic heterocycles. The van der Waals surface area contributed by atoms with Gasteiger partial charge in [0.05, 0.1) is 10.0 Å². The molecular formula is C13H9Cl2NO3. The number of hydrogen-bond donors (Lipinski definition) is 3. The summed E-state index contributed by atoms with van der Waals surface area (Å²) in [6, 6.07) is 9.75. The summed E-state index contributed by atoms with van der Waals surface area (Å²) in [7, 11) is 0. The maximum atomic E-state index is 12.0. The van der Waals surface area contributed by atoms with Crippen LogP contribution in [0.25, 0.3) is 0 Å². The monoisotopic (exact) mass is 297 g/mol. The SMILES string of the molecule is O=C(Nc1ccccc1)c1c(O)c(Cl)cc(Cl)c1O. The van der Waals surface area contributed by atoms with Crippen molar-refractivity contribution in [3.63, 3.8) is 0 Å². The van der Waals surface area contributed by atoms with E-state index in [9.17, 15) is 15.0 Å². The Morgan fingerprint density at radius 1 is 1.00 bits per heavy atom. The normalized spacial score (nSPS) is 10.2. The zero-order chi connectivity index (χ0) is 14.0. The lowest BCUT2D eigenvalue weighted by atomic mass is 10.1. The number of phenols is 2. The molecule has 0 radical (unpaired) electrons. The second-order valence-corrected chi connectivity index (χ2v) is 4.55. The van der Waals surface area contributed by atoms with Crippen LogP contribution in [0.3, 0.4) is 0 Å². The van der Waals surface area contributed by atoms with Crippen molar-refractivity contribution in [2.24, 2.45) is 0 Å². The Labute approximate surface area is 119 Å². The molecule has 2 aromatic carbocycles. The molecule has 0 atom stereocenters. The smallest absolute Gasteiger partial charge is 0.263 e. The maximum absolute atomic E-state index is 12.0. The maximum Gasteiger partial charge on any atom is 0.263 e. The molecule has 0 unspecified atom stereocenters. The van der Waals surface area contributed by atoms with E-state index in [2.05, 4.69) is 5.32 Å². The van der Waals surface area contributed by atoms with Gasteiger partial charge in [-0.1, -0.05) is 41.4 Å². The molecule has 19 heavy (non-hydrogen) atoms. The molecule has 0 aliphatic carbocycles. The third-order valence-corrected chi connectivity index (χ3v) is 3.01. The first-order chi connectivity index (χ1) is 9.00. The Kier molecular flexibility index (Phi) is 3.83. The van der Waals surface area contributed by atoms with Crippen LogP contribution in [0.5, 0.6) is 11.5 Å². The summed E-state index contributed by atoms with van der Waals surface area (Å²) >= 11 is 11.4. The van der Waals surface area contributed by atoms with Gasteiger partial charge in [-0.2, -0.15) is 0 Å². The third-order valence-electron chi connectivity index (χ3n) is 2.44. The number of amides is 1. The van der Waals surface area contributed by atoms with Crippen LogP contribution in [-0.4, -0.2) is 16.1 Å². The third kappa shape index (κ3) is 2.75. The summed E-state index contributed by atoms with van der Waals surface area (Å²) < 4.78 is 0. The Hall–Kier alpha value is -1.91. The van der Waals surface area contributed by atoms with Crippen LogP contribution in [0.1, 0.15) is 10.4 Å². The average molecular weight is 298 g/mol. The summed E-state index contributed by atoms with van der Waals surface area (Å²) in [4.78, 5) is 12.0. The predicted octanol–water partition coefficient (Wildman–Crippen LogP) is 3.66. The highest BCUT2D eigenvalue weighted by molar-refractivity contribution is 6.37. The number of carbonyl (C=O) groups is 1. The number of aromatic hydroxyl groups is 2. The van der Waals surface area contributed by atoms with Gasteiger partial charge in [0.15, 0.2) is 11.5 Å². The molecule has 98 valence electrons. The number of halogens is 2. The first kappa shape index (κ1) is 13.5. The fourth-order valence-electron chi connectivity index (χ4n) is 1.53. The topological polar surface area (TPSA) is 69.6 Å². The van der Waals surface area contributed by atoms with Crippen LogP contribution >= 0.6 is 23.2 Å². The quantitative estimate of drug-likeness (QED) is 0.792. The van der Waals surface area contributed by atoms with Crippen LogP contribution in [0.2, 0.25) is 10.0 Å². The van der Waals surface area contributed by atoms with Crippen LogP contribution < -0.4 is 5.32 Å². The van der Waals surface area contributed by atoms with Crippen molar-refractivity contribution in [3.8, 4) is 11.5 Å². The standard InChI is InChI=1S/C13H9Cl2NO3/c14-8-6-9(15)12(18)10(11(8)17)13(19)16-7-4-2-1-3-5-7/h1-6,17-18H,(H,16,19). The minimum atomic E-state index is -0.703. The number of benzene rings is 2. The number of nitrogens with one attached hydrogen (secondary N) is 1. The van der Waals surface area contributed by atoms with E-state index >= 15 is 0 Å². The Morgan fingerprint density at radius 3 is 2.05 bits per heavy atom. The fourth-order valence-corrected chi connectivity index (χ4v) is 1.99. The van der Waals surface area contributed by atoms with Gasteiger partial charge in [-0.05, 0) is 18.2 Å². The van der Waals surface area contributed by atoms with Crippen LogP contribution in [0, 0.1) is 0 Å². The molecule has 0 aliphatic rings. The molecule has 0 spiro atoms. The first-order valence-corrected chi connectivity index (χ1v) is 6.02. The minimum absolute atomic E-state index is 0.110. The van der Waals surface area contributed by atoms with E-state index in [4.69, 9.17) is 23.2 Å². The number of carbonyl (C=O) groups excluding carboxylic acids is 1. The Morgan fingerprint density at radius 2 is 1.53 bits per heavy atom. The first-order valence-electron chi connectivity index (χ1n) is 5.27. The lowest BCUT2D eigenvalue weighted by Gasteiger charge is -2.10. The van der Waals surface area contributed by atoms with Gasteiger partial charge in [-0.15, -0.1) is 0 Å². The largest absolute Gasteiger partial charge is 0.505 e. The molecule has 0 heterocycles. The molecule has 0 saturated heterocycles. The van der Waals surface area contributed by atoms with Gasteiger partial charge in [-0.25, -0.2) is 0 Å². The summed E-state index contributed by atoms with van der Waals surface area (Å²) in [5.41, 5.74) is 0.156. The molecule has 2 aromatic rings. The molecule has 0 bridgehead atoms. The van der Waals surface area contributed by atoms with Gasteiger partial charge in [0, 0.05) is 5.69 Å². The molecule has 0 fully saturated rings. The van der Waals surface area contributed by atoms with E-state index in [1.807, 2.05) is 0 Å². The molecule has 1 amide bonds. The van der Waals surface area contributed by atoms with Crippen molar-refractivity contribution in [1.29, 1.82) is 0 Å². The van der Waals surface area contributed by atoms with E-state index in [0.717, 1.165) is 6.07 Å².